The molecule has 0 radical (unpaired) electrons. The van der Waals surface area contributed by atoms with Crippen molar-refractivity contribution >= 4 is 5.69 Å². The Labute approximate surface area is 107 Å². The molecule has 0 aliphatic rings. The third kappa shape index (κ3) is 2.67. The van der Waals surface area contributed by atoms with E-state index < -0.39 is 0 Å². The fraction of sp³-hybridized carbons (Fsp3) is 0.267. The van der Waals surface area contributed by atoms with E-state index in [1.54, 1.807) is 25.3 Å². The molecule has 1 atom stereocenters. The molecule has 2 rings (SSSR count). The molecule has 0 bridgehead atoms. The van der Waals surface area contributed by atoms with Gasteiger partial charge in [0.15, 0.2) is 0 Å². The van der Waals surface area contributed by atoms with Crippen molar-refractivity contribution in [1.29, 1.82) is 0 Å². The first kappa shape index (κ1) is 12.6. The van der Waals surface area contributed by atoms with Crippen LogP contribution in [0.3, 0.4) is 0 Å². The predicted octanol–water partition coefficient (Wildman–Crippen LogP) is 4.01. The number of anilines is 1. The summed E-state index contributed by atoms with van der Waals surface area (Å²) in [6.45, 7) is 5.73. The third-order valence-corrected chi connectivity index (χ3v) is 3.07. The normalized spacial score (nSPS) is 12.2. The lowest BCUT2D eigenvalue weighted by Gasteiger charge is -2.17. The van der Waals surface area contributed by atoms with Crippen LogP contribution in [-0.4, -0.2) is 4.98 Å². The summed E-state index contributed by atoms with van der Waals surface area (Å²) in [7, 11) is 0. The van der Waals surface area contributed by atoms with Crippen LogP contribution >= 0.6 is 0 Å². The zero-order valence-corrected chi connectivity index (χ0v) is 10.9. The highest BCUT2D eigenvalue weighted by Crippen LogP contribution is 2.22. The third-order valence-electron chi connectivity index (χ3n) is 3.07. The van der Waals surface area contributed by atoms with Crippen molar-refractivity contribution < 1.29 is 4.39 Å². The lowest BCUT2D eigenvalue weighted by Crippen LogP contribution is -2.08. The van der Waals surface area contributed by atoms with Crippen LogP contribution in [0.1, 0.15) is 29.8 Å². The number of nitrogens with zero attached hydrogens (tertiary/aromatic N) is 1. The van der Waals surface area contributed by atoms with Crippen molar-refractivity contribution in [2.45, 2.75) is 26.8 Å². The summed E-state index contributed by atoms with van der Waals surface area (Å²) in [5, 5.41) is 3.34. The van der Waals surface area contributed by atoms with Gasteiger partial charge in [0.2, 0.25) is 0 Å². The lowest BCUT2D eigenvalue weighted by atomic mass is 10.1. The molecular formula is C15H17FN2. The average Bonchev–Trinajstić information content (AvgIpc) is 2.35. The summed E-state index contributed by atoms with van der Waals surface area (Å²) in [4.78, 5) is 4.22. The quantitative estimate of drug-likeness (QED) is 0.882. The van der Waals surface area contributed by atoms with Gasteiger partial charge in [-0.15, -0.1) is 0 Å². The van der Waals surface area contributed by atoms with Crippen molar-refractivity contribution in [3.05, 3.63) is 59.2 Å². The highest BCUT2D eigenvalue weighted by atomic mass is 19.1. The molecule has 94 valence electrons. The van der Waals surface area contributed by atoms with E-state index in [2.05, 4.69) is 10.3 Å². The van der Waals surface area contributed by atoms with Crippen LogP contribution < -0.4 is 5.32 Å². The van der Waals surface area contributed by atoms with Gasteiger partial charge in [-0.25, -0.2) is 4.39 Å². The van der Waals surface area contributed by atoms with E-state index in [4.69, 9.17) is 0 Å². The lowest BCUT2D eigenvalue weighted by molar-refractivity contribution is 0.614. The van der Waals surface area contributed by atoms with Crippen LogP contribution in [0.15, 0.2) is 36.5 Å². The first-order valence-corrected chi connectivity index (χ1v) is 6.02. The Morgan fingerprint density at radius 1 is 1.22 bits per heavy atom. The first-order valence-electron chi connectivity index (χ1n) is 6.02. The highest BCUT2D eigenvalue weighted by molar-refractivity contribution is 5.48. The molecule has 0 aliphatic carbocycles. The minimum Gasteiger partial charge on any atom is -0.377 e. The molecule has 1 aromatic carbocycles. The van der Waals surface area contributed by atoms with Gasteiger partial charge in [-0.05, 0) is 50.1 Å². The van der Waals surface area contributed by atoms with E-state index >= 15 is 0 Å². The second kappa shape index (κ2) is 5.17. The summed E-state index contributed by atoms with van der Waals surface area (Å²) in [6, 6.07) is 9.24. The Hall–Kier alpha value is -1.90. The molecule has 0 spiro atoms. The van der Waals surface area contributed by atoms with Crippen molar-refractivity contribution in [1.82, 2.24) is 4.98 Å². The molecular weight excluding hydrogens is 227 g/mol. The molecule has 0 fully saturated rings. The number of nitrogens with one attached hydrogen (secondary N) is 1. The SMILES string of the molecule is Cc1ccc(C(C)Nc2cccnc2C)cc1F. The number of aromatic nitrogens is 1. The number of rotatable bonds is 3. The van der Waals surface area contributed by atoms with Gasteiger partial charge in [0.05, 0.1) is 11.4 Å². The smallest absolute Gasteiger partial charge is 0.126 e. The average molecular weight is 244 g/mol. The van der Waals surface area contributed by atoms with Gasteiger partial charge in [0, 0.05) is 12.2 Å². The maximum Gasteiger partial charge on any atom is 0.126 e. The molecule has 1 unspecified atom stereocenters. The van der Waals surface area contributed by atoms with Crippen LogP contribution in [0.5, 0.6) is 0 Å². The molecule has 2 nitrogen and oxygen atoms in total. The predicted molar refractivity (Wildman–Crippen MR) is 72.1 cm³/mol. The van der Waals surface area contributed by atoms with Crippen molar-refractivity contribution in [3.63, 3.8) is 0 Å². The van der Waals surface area contributed by atoms with E-state index in [9.17, 15) is 4.39 Å². The molecule has 2 aromatic rings. The van der Waals surface area contributed by atoms with Gasteiger partial charge in [0.25, 0.3) is 0 Å². The van der Waals surface area contributed by atoms with Gasteiger partial charge in [-0.2, -0.15) is 0 Å². The Bertz CT molecular complexity index is 552. The zero-order chi connectivity index (χ0) is 13.1. The second-order valence-corrected chi connectivity index (χ2v) is 4.51. The molecule has 0 saturated heterocycles. The summed E-state index contributed by atoms with van der Waals surface area (Å²) >= 11 is 0. The summed E-state index contributed by atoms with van der Waals surface area (Å²) < 4.78 is 13.5. The monoisotopic (exact) mass is 244 g/mol. The number of halogens is 1. The largest absolute Gasteiger partial charge is 0.377 e. The van der Waals surface area contributed by atoms with Crippen LogP contribution in [0.25, 0.3) is 0 Å². The van der Waals surface area contributed by atoms with Gasteiger partial charge >= 0.3 is 0 Å². The van der Waals surface area contributed by atoms with E-state index in [1.165, 1.54) is 0 Å². The Kier molecular flexibility index (Phi) is 3.60. The van der Waals surface area contributed by atoms with Crippen LogP contribution in [0, 0.1) is 19.7 Å². The molecule has 0 saturated carbocycles. The van der Waals surface area contributed by atoms with Crippen LogP contribution in [-0.2, 0) is 0 Å². The molecule has 1 N–H and O–H groups in total. The highest BCUT2D eigenvalue weighted by Gasteiger charge is 2.08. The van der Waals surface area contributed by atoms with Crippen LogP contribution in [0.4, 0.5) is 10.1 Å². The van der Waals surface area contributed by atoms with Crippen LogP contribution in [0.2, 0.25) is 0 Å². The van der Waals surface area contributed by atoms with Crippen molar-refractivity contribution in [3.8, 4) is 0 Å². The summed E-state index contributed by atoms with van der Waals surface area (Å²) in [5.74, 6) is -0.163. The first-order chi connectivity index (χ1) is 8.58. The standard InChI is InChI=1S/C15H17FN2/c1-10-6-7-13(9-14(10)16)11(2)18-15-5-4-8-17-12(15)3/h4-9,11,18H,1-3H3. The molecule has 18 heavy (non-hydrogen) atoms. The maximum absolute atomic E-state index is 13.5. The molecule has 0 amide bonds. The molecule has 1 heterocycles. The molecule has 3 heteroatoms. The van der Waals surface area contributed by atoms with E-state index in [0.29, 0.717) is 5.56 Å². The number of aryl methyl sites for hydroxylation is 2. The maximum atomic E-state index is 13.5. The minimum atomic E-state index is -0.163. The number of hydrogen-bond acceptors (Lipinski definition) is 2. The van der Waals surface area contributed by atoms with E-state index in [1.807, 2.05) is 32.0 Å². The Balaban J connectivity index is 2.19. The van der Waals surface area contributed by atoms with Gasteiger partial charge in [-0.1, -0.05) is 12.1 Å². The molecule has 1 aromatic heterocycles. The Morgan fingerprint density at radius 3 is 2.67 bits per heavy atom. The van der Waals surface area contributed by atoms with Gasteiger partial charge in [-0.3, -0.25) is 4.98 Å². The van der Waals surface area contributed by atoms with E-state index in [-0.39, 0.29) is 11.9 Å². The topological polar surface area (TPSA) is 24.9 Å². The summed E-state index contributed by atoms with van der Waals surface area (Å²) in [6.07, 6.45) is 1.76. The number of hydrogen-bond donors (Lipinski definition) is 1. The number of pyridine rings is 1. The van der Waals surface area contributed by atoms with Crippen molar-refractivity contribution in [2.75, 3.05) is 5.32 Å². The zero-order valence-electron chi connectivity index (χ0n) is 10.9. The minimum absolute atomic E-state index is 0.0444. The van der Waals surface area contributed by atoms with Gasteiger partial charge in [0.1, 0.15) is 5.82 Å². The van der Waals surface area contributed by atoms with Gasteiger partial charge < -0.3 is 5.32 Å². The summed E-state index contributed by atoms with van der Waals surface area (Å²) in [5.41, 5.74) is 3.52. The van der Waals surface area contributed by atoms with E-state index in [0.717, 1.165) is 16.9 Å². The second-order valence-electron chi connectivity index (χ2n) is 4.51. The number of benzene rings is 1. The fourth-order valence-electron chi connectivity index (χ4n) is 1.83. The Morgan fingerprint density at radius 2 is 2.00 bits per heavy atom. The van der Waals surface area contributed by atoms with Crippen molar-refractivity contribution in [2.24, 2.45) is 0 Å². The molecule has 0 aliphatic heterocycles. The fourth-order valence-corrected chi connectivity index (χ4v) is 1.83.